The van der Waals surface area contributed by atoms with E-state index in [1.807, 2.05) is 50.5 Å². The third-order valence-electron chi connectivity index (χ3n) is 3.31. The standard InChI is InChI=1S/C15H19FN2O/c1-5-12(17(2)3)10-11-6-8-18-9-7-13(19-4)14(16)15(11)18/h5-9H,10H2,1-4H3/b12-5+. The maximum atomic E-state index is 14.3. The Hall–Kier alpha value is -1.97. The SMILES string of the molecule is C/C=C(\Cc1ccn2ccc(OC)c(F)c12)N(C)C. The van der Waals surface area contributed by atoms with Crippen molar-refractivity contribution in [1.82, 2.24) is 9.30 Å². The highest BCUT2D eigenvalue weighted by molar-refractivity contribution is 5.61. The van der Waals surface area contributed by atoms with Gasteiger partial charge in [0.15, 0.2) is 11.6 Å². The van der Waals surface area contributed by atoms with Gasteiger partial charge in [0.1, 0.15) is 0 Å². The van der Waals surface area contributed by atoms with Crippen LogP contribution in [0.2, 0.25) is 0 Å². The van der Waals surface area contributed by atoms with E-state index in [4.69, 9.17) is 4.74 Å². The van der Waals surface area contributed by atoms with Crippen LogP contribution in [0.4, 0.5) is 4.39 Å². The molecule has 3 nitrogen and oxygen atoms in total. The van der Waals surface area contributed by atoms with Crippen LogP contribution in [-0.2, 0) is 6.42 Å². The Morgan fingerprint density at radius 2 is 2.05 bits per heavy atom. The van der Waals surface area contributed by atoms with Crippen molar-refractivity contribution >= 4 is 5.52 Å². The van der Waals surface area contributed by atoms with Crippen molar-refractivity contribution < 1.29 is 9.13 Å². The minimum absolute atomic E-state index is 0.277. The molecular formula is C15H19FN2O. The van der Waals surface area contributed by atoms with Crippen LogP contribution in [0.15, 0.2) is 36.3 Å². The summed E-state index contributed by atoms with van der Waals surface area (Å²) in [5.41, 5.74) is 2.69. The van der Waals surface area contributed by atoms with Crippen molar-refractivity contribution in [2.45, 2.75) is 13.3 Å². The lowest BCUT2D eigenvalue weighted by molar-refractivity contribution is 0.387. The van der Waals surface area contributed by atoms with E-state index in [0.717, 1.165) is 11.3 Å². The average molecular weight is 262 g/mol. The number of hydrogen-bond acceptors (Lipinski definition) is 2. The number of rotatable bonds is 4. The fourth-order valence-electron chi connectivity index (χ4n) is 2.22. The van der Waals surface area contributed by atoms with Crippen LogP contribution >= 0.6 is 0 Å². The van der Waals surface area contributed by atoms with Crippen LogP contribution in [0.5, 0.6) is 5.75 Å². The molecule has 0 atom stereocenters. The molecule has 0 saturated heterocycles. The number of pyridine rings is 1. The van der Waals surface area contributed by atoms with Gasteiger partial charge < -0.3 is 14.0 Å². The van der Waals surface area contributed by atoms with E-state index in [1.165, 1.54) is 7.11 Å². The maximum absolute atomic E-state index is 14.3. The molecule has 2 heterocycles. The molecule has 0 unspecified atom stereocenters. The Balaban J connectivity index is 2.50. The number of halogens is 1. The molecule has 0 bridgehead atoms. The van der Waals surface area contributed by atoms with Gasteiger partial charge in [-0.25, -0.2) is 4.39 Å². The number of methoxy groups -OCH3 is 1. The molecule has 0 fully saturated rings. The number of likely N-dealkylation sites (N-methyl/N-ethyl adjacent to an activating group) is 1. The maximum Gasteiger partial charge on any atom is 0.189 e. The molecule has 0 aliphatic rings. The molecule has 2 aromatic rings. The van der Waals surface area contributed by atoms with E-state index < -0.39 is 0 Å². The summed E-state index contributed by atoms with van der Waals surface area (Å²) in [6.07, 6.45) is 6.42. The van der Waals surface area contributed by atoms with E-state index in [9.17, 15) is 4.39 Å². The topological polar surface area (TPSA) is 16.9 Å². The molecule has 0 radical (unpaired) electrons. The summed E-state index contributed by atoms with van der Waals surface area (Å²) in [6.45, 7) is 1.99. The highest BCUT2D eigenvalue weighted by atomic mass is 19.1. The lowest BCUT2D eigenvalue weighted by atomic mass is 10.1. The van der Waals surface area contributed by atoms with Gasteiger partial charge in [0.05, 0.1) is 12.6 Å². The van der Waals surface area contributed by atoms with Gasteiger partial charge in [-0.15, -0.1) is 0 Å². The summed E-state index contributed by atoms with van der Waals surface area (Å²) in [5.74, 6) is -0.0291. The van der Waals surface area contributed by atoms with Crippen molar-refractivity contribution in [2.24, 2.45) is 0 Å². The quantitative estimate of drug-likeness (QED) is 0.842. The Bertz CT molecular complexity index is 614. The molecule has 2 rings (SSSR count). The third-order valence-corrected chi connectivity index (χ3v) is 3.31. The van der Waals surface area contributed by atoms with Crippen LogP contribution in [-0.4, -0.2) is 30.5 Å². The third kappa shape index (κ3) is 2.43. The summed E-state index contributed by atoms with van der Waals surface area (Å²) in [6, 6.07) is 3.58. The van der Waals surface area contributed by atoms with E-state index in [0.29, 0.717) is 11.9 Å². The Labute approximate surface area is 112 Å². The van der Waals surface area contributed by atoms with E-state index >= 15 is 0 Å². The normalized spacial score (nSPS) is 11.9. The van der Waals surface area contributed by atoms with Gasteiger partial charge in [-0.2, -0.15) is 0 Å². The molecule has 0 aromatic carbocycles. The minimum atomic E-state index is -0.306. The lowest BCUT2D eigenvalue weighted by Gasteiger charge is -2.16. The van der Waals surface area contributed by atoms with E-state index in [1.54, 1.807) is 10.5 Å². The Morgan fingerprint density at radius 3 is 2.63 bits per heavy atom. The zero-order chi connectivity index (χ0) is 14.0. The molecule has 0 aliphatic heterocycles. The number of ether oxygens (including phenoxy) is 1. The summed E-state index contributed by atoms with van der Waals surface area (Å²) < 4.78 is 21.2. The predicted octanol–water partition coefficient (Wildman–Crippen LogP) is 3.09. The zero-order valence-corrected chi connectivity index (χ0v) is 11.8. The van der Waals surface area contributed by atoms with Gasteiger partial charge in [0.25, 0.3) is 0 Å². The van der Waals surface area contributed by atoms with Gasteiger partial charge in [-0.1, -0.05) is 6.08 Å². The molecule has 0 spiro atoms. The van der Waals surface area contributed by atoms with Crippen molar-refractivity contribution in [3.63, 3.8) is 0 Å². The molecule has 0 saturated carbocycles. The molecule has 19 heavy (non-hydrogen) atoms. The summed E-state index contributed by atoms with van der Waals surface area (Å²) in [5, 5.41) is 0. The first kappa shape index (κ1) is 13.5. The fourth-order valence-corrected chi connectivity index (χ4v) is 2.22. The van der Waals surface area contributed by atoms with Crippen LogP contribution < -0.4 is 4.74 Å². The van der Waals surface area contributed by atoms with Crippen LogP contribution in [0.1, 0.15) is 12.5 Å². The largest absolute Gasteiger partial charge is 0.494 e. The predicted molar refractivity (Wildman–Crippen MR) is 75.1 cm³/mol. The molecule has 0 aliphatic carbocycles. The first-order valence-corrected chi connectivity index (χ1v) is 6.23. The first-order valence-electron chi connectivity index (χ1n) is 6.23. The van der Waals surface area contributed by atoms with Gasteiger partial charge in [-0.3, -0.25) is 0 Å². The highest BCUT2D eigenvalue weighted by Gasteiger charge is 2.14. The van der Waals surface area contributed by atoms with Crippen molar-refractivity contribution in [3.05, 3.63) is 47.7 Å². The van der Waals surface area contributed by atoms with Gasteiger partial charge in [-0.05, 0) is 24.6 Å². The molecule has 2 aromatic heterocycles. The number of aromatic nitrogens is 1. The van der Waals surface area contributed by atoms with Gasteiger partial charge >= 0.3 is 0 Å². The fraction of sp³-hybridized carbons (Fsp3) is 0.333. The van der Waals surface area contributed by atoms with E-state index in [2.05, 4.69) is 0 Å². The molecule has 102 valence electrons. The smallest absolute Gasteiger partial charge is 0.189 e. The Kier molecular flexibility index (Phi) is 3.79. The van der Waals surface area contributed by atoms with Crippen molar-refractivity contribution in [1.29, 1.82) is 0 Å². The number of hydrogen-bond donors (Lipinski definition) is 0. The lowest BCUT2D eigenvalue weighted by Crippen LogP contribution is -2.13. The number of fused-ring (bicyclic) bond motifs is 1. The second-order valence-electron chi connectivity index (χ2n) is 4.65. The van der Waals surface area contributed by atoms with Crippen LogP contribution in [0.25, 0.3) is 5.52 Å². The first-order chi connectivity index (χ1) is 9.08. The second kappa shape index (κ2) is 5.34. The summed E-state index contributed by atoms with van der Waals surface area (Å²) >= 11 is 0. The summed E-state index contributed by atoms with van der Waals surface area (Å²) in [4.78, 5) is 2.04. The molecule has 0 amide bonds. The van der Waals surface area contributed by atoms with Crippen molar-refractivity contribution in [2.75, 3.05) is 21.2 Å². The van der Waals surface area contributed by atoms with Gasteiger partial charge in [0, 0.05) is 38.6 Å². The zero-order valence-electron chi connectivity index (χ0n) is 11.8. The second-order valence-corrected chi connectivity index (χ2v) is 4.65. The van der Waals surface area contributed by atoms with E-state index in [-0.39, 0.29) is 11.6 Å². The monoisotopic (exact) mass is 262 g/mol. The molecule has 0 N–H and O–H groups in total. The van der Waals surface area contributed by atoms with Crippen LogP contribution in [0.3, 0.4) is 0 Å². The van der Waals surface area contributed by atoms with Gasteiger partial charge in [0.2, 0.25) is 0 Å². The summed E-state index contributed by atoms with van der Waals surface area (Å²) in [7, 11) is 5.46. The molecular weight excluding hydrogens is 243 g/mol. The Morgan fingerprint density at radius 1 is 1.37 bits per heavy atom. The number of nitrogens with zero attached hydrogens (tertiary/aromatic N) is 2. The molecule has 4 heteroatoms. The van der Waals surface area contributed by atoms with Crippen molar-refractivity contribution in [3.8, 4) is 5.75 Å². The average Bonchev–Trinajstić information content (AvgIpc) is 2.80. The minimum Gasteiger partial charge on any atom is -0.494 e. The van der Waals surface area contributed by atoms with Crippen LogP contribution in [0, 0.1) is 5.82 Å². The highest BCUT2D eigenvalue weighted by Crippen LogP contribution is 2.26. The number of allylic oxidation sites excluding steroid dienone is 2.